The summed E-state index contributed by atoms with van der Waals surface area (Å²) in [6.07, 6.45) is 0. The van der Waals surface area contributed by atoms with Crippen molar-refractivity contribution in [3.63, 3.8) is 0 Å². The molecule has 0 amide bonds. The second kappa shape index (κ2) is 4.52. The van der Waals surface area contributed by atoms with Crippen molar-refractivity contribution in [1.29, 1.82) is 0 Å². The van der Waals surface area contributed by atoms with Crippen LogP contribution in [0.25, 0.3) is 0 Å². The number of hydrogen-bond donors (Lipinski definition) is 2. The van der Waals surface area contributed by atoms with E-state index in [4.69, 9.17) is 5.11 Å². The van der Waals surface area contributed by atoms with E-state index in [2.05, 4.69) is 21.2 Å². The van der Waals surface area contributed by atoms with Crippen LogP contribution in [0.15, 0.2) is 22.7 Å². The summed E-state index contributed by atoms with van der Waals surface area (Å²) in [6, 6.07) is 3.04. The third-order valence-electron chi connectivity index (χ3n) is 1.80. The van der Waals surface area contributed by atoms with Crippen molar-refractivity contribution >= 4 is 21.9 Å². The zero-order chi connectivity index (χ0) is 10.7. The number of benzene rings is 1. The lowest BCUT2D eigenvalue weighted by molar-refractivity contribution is -0.139. The molecule has 1 aromatic rings. The van der Waals surface area contributed by atoms with E-state index >= 15 is 0 Å². The Bertz CT molecular complexity index is 357. The number of aliphatic carboxylic acids is 1. The van der Waals surface area contributed by atoms with Gasteiger partial charge in [-0.05, 0) is 30.8 Å². The molecule has 76 valence electrons. The average molecular weight is 262 g/mol. The molecule has 1 unspecified atom stereocenters. The highest BCUT2D eigenvalue weighted by Crippen LogP contribution is 2.24. The van der Waals surface area contributed by atoms with Gasteiger partial charge in [0.2, 0.25) is 0 Å². The maximum absolute atomic E-state index is 12.9. The van der Waals surface area contributed by atoms with E-state index in [1.165, 1.54) is 25.2 Å². The fourth-order valence-electron chi connectivity index (χ4n) is 1.15. The van der Waals surface area contributed by atoms with Crippen LogP contribution in [0.1, 0.15) is 11.6 Å². The summed E-state index contributed by atoms with van der Waals surface area (Å²) < 4.78 is 13.4. The minimum Gasteiger partial charge on any atom is -0.480 e. The van der Waals surface area contributed by atoms with Crippen LogP contribution in [0.4, 0.5) is 4.39 Å². The van der Waals surface area contributed by atoms with Crippen molar-refractivity contribution in [2.75, 3.05) is 7.05 Å². The Balaban J connectivity index is 3.15. The summed E-state index contributed by atoms with van der Waals surface area (Å²) in [4.78, 5) is 10.8. The second-order valence-corrected chi connectivity index (χ2v) is 3.58. The van der Waals surface area contributed by atoms with E-state index in [9.17, 15) is 9.18 Å². The first-order valence-corrected chi connectivity index (χ1v) is 4.70. The lowest BCUT2D eigenvalue weighted by Gasteiger charge is -2.13. The number of nitrogens with one attached hydrogen (secondary N) is 1. The maximum Gasteiger partial charge on any atom is 0.325 e. The number of carboxylic acid groups (broad SMARTS) is 1. The van der Waals surface area contributed by atoms with Gasteiger partial charge in [-0.1, -0.05) is 15.9 Å². The van der Waals surface area contributed by atoms with Gasteiger partial charge in [0, 0.05) is 4.47 Å². The molecule has 0 aromatic heterocycles. The topological polar surface area (TPSA) is 49.3 Å². The zero-order valence-corrected chi connectivity index (χ0v) is 9.01. The van der Waals surface area contributed by atoms with Crippen LogP contribution >= 0.6 is 15.9 Å². The van der Waals surface area contributed by atoms with Gasteiger partial charge in [-0.2, -0.15) is 0 Å². The monoisotopic (exact) mass is 261 g/mol. The van der Waals surface area contributed by atoms with Gasteiger partial charge in [0.25, 0.3) is 0 Å². The average Bonchev–Trinajstić information content (AvgIpc) is 2.11. The van der Waals surface area contributed by atoms with E-state index in [1.54, 1.807) is 0 Å². The lowest BCUT2D eigenvalue weighted by atomic mass is 10.1. The molecule has 0 saturated carbocycles. The summed E-state index contributed by atoms with van der Waals surface area (Å²) in [7, 11) is 1.51. The standard InChI is InChI=1S/C9H9BrFNO2/c1-12-8(9(13)14)6-4-5(11)2-3-7(6)10/h2-4,8,12H,1H3,(H,13,14). The van der Waals surface area contributed by atoms with Gasteiger partial charge in [-0.3, -0.25) is 4.79 Å². The van der Waals surface area contributed by atoms with Crippen molar-refractivity contribution in [2.24, 2.45) is 0 Å². The Morgan fingerprint density at radius 3 is 2.79 bits per heavy atom. The molecule has 0 saturated heterocycles. The summed E-state index contributed by atoms with van der Waals surface area (Å²) in [6.45, 7) is 0. The van der Waals surface area contributed by atoms with Crippen LogP contribution < -0.4 is 5.32 Å². The third-order valence-corrected chi connectivity index (χ3v) is 2.53. The fourth-order valence-corrected chi connectivity index (χ4v) is 1.62. The Labute approximate surface area is 89.1 Å². The third kappa shape index (κ3) is 2.30. The highest BCUT2D eigenvalue weighted by atomic mass is 79.9. The molecule has 3 nitrogen and oxygen atoms in total. The van der Waals surface area contributed by atoms with Crippen LogP contribution in [-0.2, 0) is 4.79 Å². The maximum atomic E-state index is 12.9. The molecule has 2 N–H and O–H groups in total. The minimum atomic E-state index is -1.04. The molecule has 0 aliphatic rings. The van der Waals surface area contributed by atoms with Gasteiger partial charge in [-0.15, -0.1) is 0 Å². The molecule has 0 heterocycles. The van der Waals surface area contributed by atoms with Crippen molar-refractivity contribution in [3.8, 4) is 0 Å². The van der Waals surface area contributed by atoms with Gasteiger partial charge in [0.1, 0.15) is 11.9 Å². The summed E-state index contributed by atoms with van der Waals surface area (Å²) >= 11 is 3.17. The molecule has 0 radical (unpaired) electrons. The largest absolute Gasteiger partial charge is 0.480 e. The van der Waals surface area contributed by atoms with Gasteiger partial charge in [0.05, 0.1) is 0 Å². The van der Waals surface area contributed by atoms with E-state index in [-0.39, 0.29) is 0 Å². The molecule has 1 aromatic carbocycles. The lowest BCUT2D eigenvalue weighted by Crippen LogP contribution is -2.25. The highest BCUT2D eigenvalue weighted by molar-refractivity contribution is 9.10. The molecule has 1 rings (SSSR count). The first-order valence-electron chi connectivity index (χ1n) is 3.91. The normalized spacial score (nSPS) is 12.5. The van der Waals surface area contributed by atoms with E-state index < -0.39 is 17.8 Å². The Morgan fingerprint density at radius 2 is 2.29 bits per heavy atom. The van der Waals surface area contributed by atoms with Crippen molar-refractivity contribution in [2.45, 2.75) is 6.04 Å². The van der Waals surface area contributed by atoms with Gasteiger partial charge >= 0.3 is 5.97 Å². The molecule has 0 bridgehead atoms. The van der Waals surface area contributed by atoms with E-state index in [0.29, 0.717) is 10.0 Å². The van der Waals surface area contributed by atoms with Crippen LogP contribution in [0.5, 0.6) is 0 Å². The molecule has 0 fully saturated rings. The minimum absolute atomic E-state index is 0.375. The highest BCUT2D eigenvalue weighted by Gasteiger charge is 2.20. The first-order chi connectivity index (χ1) is 6.56. The Morgan fingerprint density at radius 1 is 1.64 bits per heavy atom. The smallest absolute Gasteiger partial charge is 0.325 e. The van der Waals surface area contributed by atoms with E-state index in [1.807, 2.05) is 0 Å². The Kier molecular flexibility index (Phi) is 3.60. The number of hydrogen-bond acceptors (Lipinski definition) is 2. The van der Waals surface area contributed by atoms with Crippen LogP contribution in [0.2, 0.25) is 0 Å². The van der Waals surface area contributed by atoms with Gasteiger partial charge in [-0.25, -0.2) is 4.39 Å². The first kappa shape index (κ1) is 11.1. The molecule has 1 atom stereocenters. The molecule has 14 heavy (non-hydrogen) atoms. The number of halogens is 2. The second-order valence-electron chi connectivity index (χ2n) is 2.73. The zero-order valence-electron chi connectivity index (χ0n) is 7.42. The molecule has 0 spiro atoms. The molecule has 0 aliphatic carbocycles. The number of rotatable bonds is 3. The van der Waals surface area contributed by atoms with Gasteiger partial charge in [0.15, 0.2) is 0 Å². The SMILES string of the molecule is CNC(C(=O)O)c1cc(F)ccc1Br. The quantitative estimate of drug-likeness (QED) is 0.875. The summed E-state index contributed by atoms with van der Waals surface area (Å²) in [5, 5.41) is 11.4. The number of carbonyl (C=O) groups is 1. The van der Waals surface area contributed by atoms with Crippen LogP contribution in [0.3, 0.4) is 0 Å². The van der Waals surface area contributed by atoms with Crippen molar-refractivity contribution in [1.82, 2.24) is 5.32 Å². The predicted octanol–water partition coefficient (Wildman–Crippen LogP) is 1.93. The van der Waals surface area contributed by atoms with Crippen LogP contribution in [-0.4, -0.2) is 18.1 Å². The fraction of sp³-hybridized carbons (Fsp3) is 0.222. The molecular formula is C9H9BrFNO2. The van der Waals surface area contributed by atoms with Crippen molar-refractivity contribution < 1.29 is 14.3 Å². The van der Waals surface area contributed by atoms with Crippen molar-refractivity contribution in [3.05, 3.63) is 34.1 Å². The molecule has 5 heteroatoms. The summed E-state index contributed by atoms with van der Waals surface area (Å²) in [5.74, 6) is -1.50. The molecule has 0 aliphatic heterocycles. The molecular weight excluding hydrogens is 253 g/mol. The van der Waals surface area contributed by atoms with Gasteiger partial charge < -0.3 is 10.4 Å². The number of likely N-dealkylation sites (N-methyl/N-ethyl adjacent to an activating group) is 1. The predicted molar refractivity (Wildman–Crippen MR) is 53.5 cm³/mol. The summed E-state index contributed by atoms with van der Waals surface area (Å²) in [5.41, 5.74) is 0.375. The number of carboxylic acids is 1. The van der Waals surface area contributed by atoms with E-state index in [0.717, 1.165) is 0 Å². The Hall–Kier alpha value is -0.940. The van der Waals surface area contributed by atoms with Crippen LogP contribution in [0, 0.1) is 5.82 Å².